The van der Waals surface area contributed by atoms with Gasteiger partial charge >= 0.3 is 0 Å². The largest absolute Gasteiger partial charge is 0.330 e. The molecule has 1 aliphatic carbocycles. The maximum atomic E-state index is 11.8. The van der Waals surface area contributed by atoms with E-state index in [4.69, 9.17) is 5.73 Å². The summed E-state index contributed by atoms with van der Waals surface area (Å²) in [6.45, 7) is 2.31. The Morgan fingerprint density at radius 1 is 1.17 bits per heavy atom. The minimum atomic E-state index is -3.10. The van der Waals surface area contributed by atoms with Crippen molar-refractivity contribution in [2.45, 2.75) is 42.9 Å². The summed E-state index contributed by atoms with van der Waals surface area (Å²) < 4.78 is 23.5. The third-order valence-electron chi connectivity index (χ3n) is 4.16. The topological polar surface area (TPSA) is 60.2 Å². The van der Waals surface area contributed by atoms with Gasteiger partial charge in [0.1, 0.15) is 0 Å². The Morgan fingerprint density at radius 3 is 2.17 bits per heavy atom. The van der Waals surface area contributed by atoms with Gasteiger partial charge in [0, 0.05) is 12.0 Å². The van der Waals surface area contributed by atoms with Gasteiger partial charge in [-0.25, -0.2) is 8.42 Å². The van der Waals surface area contributed by atoms with Crippen LogP contribution in [0.2, 0.25) is 0 Å². The Bertz CT molecular complexity index is 499. The summed E-state index contributed by atoms with van der Waals surface area (Å²) in [6.07, 6.45) is 4.66. The second kappa shape index (κ2) is 5.02. The van der Waals surface area contributed by atoms with Crippen molar-refractivity contribution in [1.82, 2.24) is 0 Å². The molecule has 0 heterocycles. The van der Waals surface area contributed by atoms with E-state index in [0.29, 0.717) is 11.4 Å². The second-order valence-electron chi connectivity index (χ2n) is 5.12. The molecule has 2 rings (SSSR count). The SMILES string of the molecule is CCS(=O)(=O)c1ccc(C2(CN)CCCC2)cc1. The molecule has 0 unspecified atom stereocenters. The molecule has 0 bridgehead atoms. The van der Waals surface area contributed by atoms with Crippen LogP contribution in [0, 0.1) is 0 Å². The van der Waals surface area contributed by atoms with Crippen LogP contribution in [0.1, 0.15) is 38.2 Å². The molecule has 0 aliphatic heterocycles. The van der Waals surface area contributed by atoms with E-state index < -0.39 is 9.84 Å². The maximum Gasteiger partial charge on any atom is 0.178 e. The first-order valence-corrected chi connectivity index (χ1v) is 8.23. The van der Waals surface area contributed by atoms with Crippen LogP contribution in [-0.2, 0) is 15.3 Å². The predicted molar refractivity (Wildman–Crippen MR) is 73.4 cm³/mol. The molecule has 1 aromatic rings. The highest BCUT2D eigenvalue weighted by molar-refractivity contribution is 7.91. The zero-order valence-corrected chi connectivity index (χ0v) is 11.7. The zero-order chi connectivity index (χ0) is 13.2. The van der Waals surface area contributed by atoms with Gasteiger partial charge in [-0.3, -0.25) is 0 Å². The van der Waals surface area contributed by atoms with Crippen LogP contribution in [0.5, 0.6) is 0 Å². The Morgan fingerprint density at radius 2 is 1.72 bits per heavy atom. The van der Waals surface area contributed by atoms with Crippen LogP contribution >= 0.6 is 0 Å². The smallest absolute Gasteiger partial charge is 0.178 e. The number of benzene rings is 1. The fraction of sp³-hybridized carbons (Fsp3) is 0.571. The van der Waals surface area contributed by atoms with Crippen molar-refractivity contribution in [3.05, 3.63) is 29.8 Å². The molecule has 1 aromatic carbocycles. The summed E-state index contributed by atoms with van der Waals surface area (Å²) in [6, 6.07) is 7.34. The highest BCUT2D eigenvalue weighted by Gasteiger charge is 2.34. The molecule has 1 fully saturated rings. The first kappa shape index (κ1) is 13.6. The van der Waals surface area contributed by atoms with E-state index in [1.54, 1.807) is 19.1 Å². The van der Waals surface area contributed by atoms with Gasteiger partial charge < -0.3 is 5.73 Å². The molecule has 3 nitrogen and oxygen atoms in total. The number of rotatable bonds is 4. The van der Waals surface area contributed by atoms with Crippen LogP contribution in [0.3, 0.4) is 0 Å². The number of hydrogen-bond acceptors (Lipinski definition) is 3. The van der Waals surface area contributed by atoms with Crippen LogP contribution in [0.15, 0.2) is 29.2 Å². The lowest BCUT2D eigenvalue weighted by atomic mass is 9.79. The monoisotopic (exact) mass is 267 g/mol. The summed E-state index contributed by atoms with van der Waals surface area (Å²) in [5, 5.41) is 0. The van der Waals surface area contributed by atoms with Crippen molar-refractivity contribution in [1.29, 1.82) is 0 Å². The zero-order valence-electron chi connectivity index (χ0n) is 10.9. The predicted octanol–water partition coefficient (Wildman–Crippen LogP) is 2.25. The summed E-state index contributed by atoms with van der Waals surface area (Å²) >= 11 is 0. The summed E-state index contributed by atoms with van der Waals surface area (Å²) in [5.41, 5.74) is 7.20. The van der Waals surface area contributed by atoms with Gasteiger partial charge in [-0.15, -0.1) is 0 Å². The summed E-state index contributed by atoms with van der Waals surface area (Å²) in [4.78, 5) is 0.416. The van der Waals surface area contributed by atoms with Gasteiger partial charge in [-0.2, -0.15) is 0 Å². The van der Waals surface area contributed by atoms with Crippen molar-refractivity contribution >= 4 is 9.84 Å². The molecule has 0 saturated heterocycles. The van der Waals surface area contributed by atoms with Gasteiger partial charge in [0.25, 0.3) is 0 Å². The average molecular weight is 267 g/mol. The fourth-order valence-corrected chi connectivity index (χ4v) is 3.73. The van der Waals surface area contributed by atoms with Crippen LogP contribution < -0.4 is 5.73 Å². The second-order valence-corrected chi connectivity index (χ2v) is 7.40. The highest BCUT2D eigenvalue weighted by Crippen LogP contribution is 2.40. The third kappa shape index (κ3) is 2.31. The Kier molecular flexibility index (Phi) is 3.78. The quantitative estimate of drug-likeness (QED) is 0.910. The van der Waals surface area contributed by atoms with E-state index in [2.05, 4.69) is 0 Å². The number of nitrogens with two attached hydrogens (primary N) is 1. The van der Waals surface area contributed by atoms with Crippen molar-refractivity contribution in [3.8, 4) is 0 Å². The van der Waals surface area contributed by atoms with Gasteiger partial charge in [0.15, 0.2) is 9.84 Å². The van der Waals surface area contributed by atoms with E-state index in [1.807, 2.05) is 12.1 Å². The first-order chi connectivity index (χ1) is 8.54. The van der Waals surface area contributed by atoms with Gasteiger partial charge in [0.05, 0.1) is 10.6 Å². The van der Waals surface area contributed by atoms with Gasteiger partial charge in [-0.1, -0.05) is 31.9 Å². The molecule has 0 amide bonds. The molecular formula is C14H21NO2S. The Labute approximate surface area is 109 Å². The van der Waals surface area contributed by atoms with Crippen LogP contribution in [0.4, 0.5) is 0 Å². The number of hydrogen-bond donors (Lipinski definition) is 1. The Hall–Kier alpha value is -0.870. The van der Waals surface area contributed by atoms with E-state index >= 15 is 0 Å². The summed E-state index contributed by atoms with van der Waals surface area (Å²) in [5.74, 6) is 0.147. The molecule has 100 valence electrons. The van der Waals surface area contributed by atoms with Crippen molar-refractivity contribution in [2.75, 3.05) is 12.3 Å². The molecule has 0 atom stereocenters. The number of sulfone groups is 1. The van der Waals surface area contributed by atoms with E-state index in [1.165, 1.54) is 18.4 Å². The molecule has 2 N–H and O–H groups in total. The molecule has 1 saturated carbocycles. The fourth-order valence-electron chi connectivity index (χ4n) is 2.84. The molecular weight excluding hydrogens is 246 g/mol. The molecule has 4 heteroatoms. The lowest BCUT2D eigenvalue weighted by Gasteiger charge is -2.28. The highest BCUT2D eigenvalue weighted by atomic mass is 32.2. The van der Waals surface area contributed by atoms with Crippen molar-refractivity contribution < 1.29 is 8.42 Å². The molecule has 0 aromatic heterocycles. The molecule has 1 aliphatic rings. The van der Waals surface area contributed by atoms with Gasteiger partial charge in [0.2, 0.25) is 0 Å². The standard InChI is InChI=1S/C14H21NO2S/c1-2-18(16,17)13-7-5-12(6-8-13)14(11-15)9-3-4-10-14/h5-8H,2-4,9-11,15H2,1H3. The van der Waals surface area contributed by atoms with E-state index in [9.17, 15) is 8.42 Å². The van der Waals surface area contributed by atoms with E-state index in [-0.39, 0.29) is 11.2 Å². The molecule has 0 spiro atoms. The van der Waals surface area contributed by atoms with Crippen molar-refractivity contribution in [2.24, 2.45) is 5.73 Å². The lowest BCUT2D eigenvalue weighted by molar-refractivity contribution is 0.452. The van der Waals surface area contributed by atoms with E-state index in [0.717, 1.165) is 12.8 Å². The average Bonchev–Trinajstić information content (AvgIpc) is 2.89. The minimum Gasteiger partial charge on any atom is -0.330 e. The maximum absolute atomic E-state index is 11.8. The van der Waals surface area contributed by atoms with Crippen molar-refractivity contribution in [3.63, 3.8) is 0 Å². The molecule has 18 heavy (non-hydrogen) atoms. The Balaban J connectivity index is 2.33. The lowest BCUT2D eigenvalue weighted by Crippen LogP contribution is -2.31. The van der Waals surface area contributed by atoms with Crippen LogP contribution in [-0.4, -0.2) is 20.7 Å². The van der Waals surface area contributed by atoms with Gasteiger partial charge in [-0.05, 0) is 30.5 Å². The first-order valence-electron chi connectivity index (χ1n) is 6.57. The van der Waals surface area contributed by atoms with Crippen LogP contribution in [0.25, 0.3) is 0 Å². The summed E-state index contributed by atoms with van der Waals surface area (Å²) in [7, 11) is -3.10. The third-order valence-corrected chi connectivity index (χ3v) is 5.91. The normalized spacial score (nSPS) is 19.0. The minimum absolute atomic E-state index is 0.0779. The molecule has 0 radical (unpaired) electrons.